The Hall–Kier alpha value is -3.62. The van der Waals surface area contributed by atoms with Crippen LogP contribution in [0.4, 0.5) is 0 Å². The molecule has 2 N–H and O–H groups in total. The first-order valence-electron chi connectivity index (χ1n) is 12.9. The zero-order chi connectivity index (χ0) is 25.9. The van der Waals surface area contributed by atoms with Crippen molar-refractivity contribution in [2.75, 3.05) is 33.4 Å². The number of aliphatic hydroxyl groups is 1. The molecule has 0 saturated carbocycles. The molecule has 0 unspecified atom stereocenters. The molecule has 5 rings (SSSR count). The standard InChI is InChI=1S/C29H34N4O4/c1-31-25-22-10-6-7-11-23(22)33(17-12-20-8-4-3-5-9-20)29(36)24(25)27(37-2)26(31)28(35)30-21-13-15-32(16-14-21)18-19-34/h3-11,21,34H,12-19H2,1-2H3,(H,30,35). The van der Waals surface area contributed by atoms with E-state index < -0.39 is 0 Å². The van der Waals surface area contributed by atoms with Crippen LogP contribution in [0.15, 0.2) is 59.4 Å². The Labute approximate surface area is 216 Å². The highest BCUT2D eigenvalue weighted by molar-refractivity contribution is 6.12. The minimum Gasteiger partial charge on any atom is -0.493 e. The summed E-state index contributed by atoms with van der Waals surface area (Å²) in [6.07, 6.45) is 2.34. The van der Waals surface area contributed by atoms with Gasteiger partial charge in [-0.25, -0.2) is 0 Å². The number of fused-ring (bicyclic) bond motifs is 3. The van der Waals surface area contributed by atoms with Crippen molar-refractivity contribution in [2.24, 2.45) is 7.05 Å². The Bertz CT molecular complexity index is 1470. The predicted octanol–water partition coefficient (Wildman–Crippen LogP) is 2.93. The Morgan fingerprint density at radius 3 is 2.46 bits per heavy atom. The van der Waals surface area contributed by atoms with E-state index in [1.54, 1.807) is 9.13 Å². The summed E-state index contributed by atoms with van der Waals surface area (Å²) in [5.41, 5.74) is 2.90. The second-order valence-corrected chi connectivity index (χ2v) is 9.69. The van der Waals surface area contributed by atoms with Crippen molar-refractivity contribution in [3.8, 4) is 5.75 Å². The second kappa shape index (κ2) is 10.8. The van der Waals surface area contributed by atoms with Crippen molar-refractivity contribution in [1.29, 1.82) is 0 Å². The smallest absolute Gasteiger partial charge is 0.272 e. The number of piperidine rings is 1. The molecule has 0 radical (unpaired) electrons. The number of hydrogen-bond acceptors (Lipinski definition) is 5. The van der Waals surface area contributed by atoms with Crippen molar-refractivity contribution in [2.45, 2.75) is 31.8 Å². The fourth-order valence-corrected chi connectivity index (χ4v) is 5.58. The molecule has 37 heavy (non-hydrogen) atoms. The molecule has 0 aliphatic carbocycles. The van der Waals surface area contributed by atoms with E-state index in [0.717, 1.165) is 42.4 Å². The van der Waals surface area contributed by atoms with Crippen LogP contribution in [0.25, 0.3) is 21.8 Å². The number of aliphatic hydroxyl groups excluding tert-OH is 1. The number of methoxy groups -OCH3 is 1. The van der Waals surface area contributed by atoms with Crippen LogP contribution in [0.2, 0.25) is 0 Å². The van der Waals surface area contributed by atoms with Gasteiger partial charge in [0.25, 0.3) is 11.5 Å². The number of pyridine rings is 1. The molecule has 4 aromatic rings. The summed E-state index contributed by atoms with van der Waals surface area (Å²) in [7, 11) is 3.34. The molecule has 1 amide bonds. The van der Waals surface area contributed by atoms with Crippen LogP contribution in [0.1, 0.15) is 28.9 Å². The minimum atomic E-state index is -0.240. The Morgan fingerprint density at radius 1 is 1.05 bits per heavy atom. The first-order chi connectivity index (χ1) is 18.0. The monoisotopic (exact) mass is 502 g/mol. The SMILES string of the molecule is COc1c(C(=O)NC2CCN(CCO)CC2)n(C)c2c1c(=O)n(CCc1ccccc1)c1ccccc21. The molecule has 0 spiro atoms. The summed E-state index contributed by atoms with van der Waals surface area (Å²) in [6, 6.07) is 18.0. The molecule has 3 heterocycles. The zero-order valence-corrected chi connectivity index (χ0v) is 21.4. The van der Waals surface area contributed by atoms with Crippen LogP contribution in [0.3, 0.4) is 0 Å². The predicted molar refractivity (Wildman–Crippen MR) is 145 cm³/mol. The maximum Gasteiger partial charge on any atom is 0.272 e. The Kier molecular flexibility index (Phi) is 7.30. The third kappa shape index (κ3) is 4.74. The summed E-state index contributed by atoms with van der Waals surface area (Å²) in [5, 5.41) is 13.7. The van der Waals surface area contributed by atoms with Crippen LogP contribution in [-0.2, 0) is 20.0 Å². The third-order valence-corrected chi connectivity index (χ3v) is 7.48. The van der Waals surface area contributed by atoms with Gasteiger partial charge in [-0.15, -0.1) is 0 Å². The van der Waals surface area contributed by atoms with Gasteiger partial charge in [0.05, 0.1) is 24.8 Å². The normalized spacial score (nSPS) is 14.9. The van der Waals surface area contributed by atoms with Gasteiger partial charge in [0, 0.05) is 44.7 Å². The number of carbonyl (C=O) groups excluding carboxylic acids is 1. The fourth-order valence-electron chi connectivity index (χ4n) is 5.58. The summed E-state index contributed by atoms with van der Waals surface area (Å²) < 4.78 is 9.35. The number of carbonyl (C=O) groups is 1. The molecule has 8 nitrogen and oxygen atoms in total. The average Bonchev–Trinajstić information content (AvgIpc) is 3.23. The third-order valence-electron chi connectivity index (χ3n) is 7.48. The van der Waals surface area contributed by atoms with Crippen molar-refractivity contribution in [1.82, 2.24) is 19.4 Å². The van der Waals surface area contributed by atoms with E-state index in [2.05, 4.69) is 22.3 Å². The first kappa shape index (κ1) is 25.0. The van der Waals surface area contributed by atoms with E-state index in [-0.39, 0.29) is 24.1 Å². The van der Waals surface area contributed by atoms with Crippen LogP contribution in [-0.4, -0.2) is 64.4 Å². The van der Waals surface area contributed by atoms with Crippen LogP contribution in [0.5, 0.6) is 5.75 Å². The lowest BCUT2D eigenvalue weighted by Crippen LogP contribution is -2.45. The van der Waals surface area contributed by atoms with E-state index >= 15 is 0 Å². The molecule has 8 heteroatoms. The summed E-state index contributed by atoms with van der Waals surface area (Å²) >= 11 is 0. The lowest BCUT2D eigenvalue weighted by molar-refractivity contribution is 0.0892. The maximum absolute atomic E-state index is 13.9. The topological polar surface area (TPSA) is 88.7 Å². The molecule has 1 saturated heterocycles. The number of ether oxygens (including phenoxy) is 1. The number of aromatic nitrogens is 2. The summed E-state index contributed by atoms with van der Waals surface area (Å²) in [6.45, 7) is 2.97. The lowest BCUT2D eigenvalue weighted by Gasteiger charge is -2.31. The number of nitrogens with one attached hydrogen (secondary N) is 1. The number of rotatable bonds is 8. The van der Waals surface area contributed by atoms with Gasteiger partial charge in [-0.05, 0) is 30.9 Å². The minimum absolute atomic E-state index is 0.0319. The lowest BCUT2D eigenvalue weighted by atomic mass is 10.0. The van der Waals surface area contributed by atoms with E-state index in [9.17, 15) is 14.7 Å². The molecule has 1 aliphatic rings. The molecule has 0 atom stereocenters. The van der Waals surface area contributed by atoms with Crippen LogP contribution >= 0.6 is 0 Å². The fraction of sp³-hybridized carbons (Fsp3) is 0.379. The van der Waals surface area contributed by atoms with Gasteiger partial charge < -0.3 is 29.2 Å². The molecular formula is C29H34N4O4. The molecule has 1 fully saturated rings. The average molecular weight is 503 g/mol. The van der Waals surface area contributed by atoms with Crippen LogP contribution < -0.4 is 15.6 Å². The van der Waals surface area contributed by atoms with Crippen molar-refractivity contribution in [3.05, 3.63) is 76.2 Å². The molecule has 194 valence electrons. The molecule has 0 bridgehead atoms. The highest BCUT2D eigenvalue weighted by Gasteiger charge is 2.29. The highest BCUT2D eigenvalue weighted by Crippen LogP contribution is 2.34. The molecule has 2 aromatic carbocycles. The Balaban J connectivity index is 1.55. The van der Waals surface area contributed by atoms with Gasteiger partial charge in [-0.1, -0.05) is 48.5 Å². The highest BCUT2D eigenvalue weighted by atomic mass is 16.5. The van der Waals surface area contributed by atoms with Gasteiger partial charge in [0.15, 0.2) is 11.4 Å². The first-order valence-corrected chi connectivity index (χ1v) is 12.9. The van der Waals surface area contributed by atoms with E-state index in [0.29, 0.717) is 41.9 Å². The van der Waals surface area contributed by atoms with Crippen molar-refractivity contribution < 1.29 is 14.6 Å². The van der Waals surface area contributed by atoms with Gasteiger partial charge in [-0.2, -0.15) is 0 Å². The second-order valence-electron chi connectivity index (χ2n) is 9.69. The summed E-state index contributed by atoms with van der Waals surface area (Å²) in [5.74, 6) is 0.0763. The van der Waals surface area contributed by atoms with E-state index in [1.165, 1.54) is 7.11 Å². The van der Waals surface area contributed by atoms with Crippen molar-refractivity contribution in [3.63, 3.8) is 0 Å². The number of nitrogens with zero attached hydrogens (tertiary/aromatic N) is 3. The maximum atomic E-state index is 13.9. The van der Waals surface area contributed by atoms with Crippen molar-refractivity contribution >= 4 is 27.7 Å². The number of likely N-dealkylation sites (tertiary alicyclic amines) is 1. The number of para-hydroxylation sites is 1. The number of hydrogen-bond donors (Lipinski definition) is 2. The van der Waals surface area contributed by atoms with Gasteiger partial charge in [0.1, 0.15) is 5.39 Å². The molecule has 2 aromatic heterocycles. The summed E-state index contributed by atoms with van der Waals surface area (Å²) in [4.78, 5) is 29.7. The molecule has 1 aliphatic heterocycles. The van der Waals surface area contributed by atoms with Gasteiger partial charge in [0.2, 0.25) is 0 Å². The van der Waals surface area contributed by atoms with Crippen LogP contribution in [0, 0.1) is 0 Å². The number of aryl methyl sites for hydroxylation is 3. The number of benzene rings is 2. The van der Waals surface area contributed by atoms with E-state index in [4.69, 9.17) is 4.74 Å². The van der Waals surface area contributed by atoms with E-state index in [1.807, 2.05) is 49.5 Å². The quantitative estimate of drug-likeness (QED) is 0.387. The number of β-amino-alcohol motifs (C(OH)–C–C–N with tert-alkyl or cyclic N) is 1. The largest absolute Gasteiger partial charge is 0.493 e. The van der Waals surface area contributed by atoms with Gasteiger partial charge >= 0.3 is 0 Å². The van der Waals surface area contributed by atoms with Gasteiger partial charge in [-0.3, -0.25) is 9.59 Å². The number of amides is 1. The zero-order valence-electron chi connectivity index (χ0n) is 21.4. The Morgan fingerprint density at radius 2 is 1.76 bits per heavy atom. The molecular weight excluding hydrogens is 468 g/mol.